The summed E-state index contributed by atoms with van der Waals surface area (Å²) in [5.41, 5.74) is 1.04. The quantitative estimate of drug-likeness (QED) is 0.834. The zero-order valence-electron chi connectivity index (χ0n) is 8.64. The number of aromatic amines is 1. The predicted octanol–water partition coefficient (Wildman–Crippen LogP) is 2.46. The van der Waals surface area contributed by atoms with E-state index in [0.717, 1.165) is 10.9 Å². The first kappa shape index (κ1) is 11.5. The molecule has 2 aromatic rings. The van der Waals surface area contributed by atoms with Gasteiger partial charge < -0.3 is 10.3 Å². The number of aromatic nitrogens is 1. The third-order valence-electron chi connectivity index (χ3n) is 2.26. The van der Waals surface area contributed by atoms with E-state index in [1.165, 1.54) is 12.1 Å². The fourth-order valence-corrected chi connectivity index (χ4v) is 1.48. The molecule has 0 aliphatic carbocycles. The lowest BCUT2D eigenvalue weighted by Crippen LogP contribution is -2.33. The van der Waals surface area contributed by atoms with Crippen LogP contribution in [0, 0.1) is 0 Å². The molecule has 1 aromatic heterocycles. The Morgan fingerprint density at radius 1 is 1.29 bits per heavy atom. The van der Waals surface area contributed by atoms with Crippen molar-refractivity contribution in [3.63, 3.8) is 0 Å². The largest absolute Gasteiger partial charge is 0.405 e. The Balaban J connectivity index is 2.13. The Kier molecular flexibility index (Phi) is 2.79. The number of nitrogens with one attached hydrogen (secondary N) is 2. The highest BCUT2D eigenvalue weighted by atomic mass is 19.4. The summed E-state index contributed by atoms with van der Waals surface area (Å²) in [5.74, 6) is -0.731. The number of hydrogen-bond donors (Lipinski definition) is 2. The number of fused-ring (bicyclic) bond motifs is 1. The Bertz CT molecular complexity index is 545. The summed E-state index contributed by atoms with van der Waals surface area (Å²) >= 11 is 0. The summed E-state index contributed by atoms with van der Waals surface area (Å²) in [6, 6.07) is 6.41. The molecule has 0 atom stereocenters. The zero-order chi connectivity index (χ0) is 12.5. The summed E-state index contributed by atoms with van der Waals surface area (Å²) in [7, 11) is 0. The SMILES string of the molecule is O=C(NCC(F)(F)F)c1ccc2[nH]ccc2c1. The van der Waals surface area contributed by atoms with Crippen LogP contribution in [0.2, 0.25) is 0 Å². The number of halogens is 3. The first-order valence-electron chi connectivity index (χ1n) is 4.88. The number of alkyl halides is 3. The molecule has 0 saturated heterocycles. The highest BCUT2D eigenvalue weighted by molar-refractivity contribution is 5.98. The van der Waals surface area contributed by atoms with Crippen LogP contribution in [-0.2, 0) is 0 Å². The van der Waals surface area contributed by atoms with E-state index < -0.39 is 18.6 Å². The fraction of sp³-hybridized carbons (Fsp3) is 0.182. The Hall–Kier alpha value is -1.98. The molecule has 0 bridgehead atoms. The van der Waals surface area contributed by atoms with E-state index in [-0.39, 0.29) is 5.56 Å². The minimum atomic E-state index is -4.39. The van der Waals surface area contributed by atoms with Gasteiger partial charge in [0.25, 0.3) is 5.91 Å². The van der Waals surface area contributed by atoms with Crippen LogP contribution in [-0.4, -0.2) is 23.6 Å². The molecule has 0 aliphatic heterocycles. The summed E-state index contributed by atoms with van der Waals surface area (Å²) in [6.07, 6.45) is -2.70. The molecule has 1 heterocycles. The average Bonchev–Trinajstić information content (AvgIpc) is 2.71. The van der Waals surface area contributed by atoms with Gasteiger partial charge >= 0.3 is 6.18 Å². The standard InChI is InChI=1S/C11H9F3N2O/c12-11(13,14)6-16-10(17)8-1-2-9-7(5-8)3-4-15-9/h1-5,15H,6H2,(H,16,17). The number of rotatable bonds is 2. The number of carbonyl (C=O) groups is 1. The fourth-order valence-electron chi connectivity index (χ4n) is 1.48. The topological polar surface area (TPSA) is 44.9 Å². The second-order valence-corrected chi connectivity index (χ2v) is 3.58. The summed E-state index contributed by atoms with van der Waals surface area (Å²) in [5, 5.41) is 2.60. The molecule has 2 rings (SSSR count). The molecular formula is C11H9F3N2O. The lowest BCUT2D eigenvalue weighted by molar-refractivity contribution is -0.123. The van der Waals surface area contributed by atoms with Gasteiger partial charge in [-0.05, 0) is 24.3 Å². The number of hydrogen-bond acceptors (Lipinski definition) is 1. The minimum absolute atomic E-state index is 0.210. The smallest absolute Gasteiger partial charge is 0.361 e. The average molecular weight is 242 g/mol. The number of carbonyl (C=O) groups excluding carboxylic acids is 1. The van der Waals surface area contributed by atoms with Crippen LogP contribution < -0.4 is 5.32 Å². The molecule has 2 N–H and O–H groups in total. The van der Waals surface area contributed by atoms with Gasteiger partial charge in [-0.15, -0.1) is 0 Å². The second kappa shape index (κ2) is 4.12. The number of benzene rings is 1. The first-order valence-corrected chi connectivity index (χ1v) is 4.88. The van der Waals surface area contributed by atoms with Gasteiger partial charge in [-0.25, -0.2) is 0 Å². The van der Waals surface area contributed by atoms with Crippen LogP contribution in [0.3, 0.4) is 0 Å². The maximum Gasteiger partial charge on any atom is 0.405 e. The van der Waals surface area contributed by atoms with Crippen LogP contribution in [0.1, 0.15) is 10.4 Å². The lowest BCUT2D eigenvalue weighted by Gasteiger charge is -2.08. The van der Waals surface area contributed by atoms with Gasteiger partial charge in [-0.2, -0.15) is 13.2 Å². The van der Waals surface area contributed by atoms with Crippen molar-refractivity contribution in [2.45, 2.75) is 6.18 Å². The second-order valence-electron chi connectivity index (χ2n) is 3.58. The molecule has 0 radical (unpaired) electrons. The Labute approximate surface area is 94.6 Å². The first-order chi connectivity index (χ1) is 7.96. The van der Waals surface area contributed by atoms with Crippen molar-refractivity contribution in [1.82, 2.24) is 10.3 Å². The van der Waals surface area contributed by atoms with Gasteiger partial charge in [0.15, 0.2) is 0 Å². The van der Waals surface area contributed by atoms with Gasteiger partial charge in [0.05, 0.1) is 0 Å². The maximum atomic E-state index is 11.9. The molecule has 90 valence electrons. The van der Waals surface area contributed by atoms with E-state index in [1.54, 1.807) is 18.3 Å². The van der Waals surface area contributed by atoms with Crippen LogP contribution in [0.4, 0.5) is 13.2 Å². The molecular weight excluding hydrogens is 233 g/mol. The van der Waals surface area contributed by atoms with Crippen molar-refractivity contribution >= 4 is 16.8 Å². The van der Waals surface area contributed by atoms with E-state index in [4.69, 9.17) is 0 Å². The molecule has 0 spiro atoms. The van der Waals surface area contributed by atoms with Gasteiger partial charge in [0, 0.05) is 22.7 Å². The normalized spacial score (nSPS) is 11.7. The van der Waals surface area contributed by atoms with Crippen molar-refractivity contribution in [2.75, 3.05) is 6.54 Å². The Morgan fingerprint density at radius 3 is 2.76 bits per heavy atom. The Morgan fingerprint density at radius 2 is 2.06 bits per heavy atom. The molecule has 0 saturated carbocycles. The molecule has 17 heavy (non-hydrogen) atoms. The zero-order valence-corrected chi connectivity index (χ0v) is 8.64. The van der Waals surface area contributed by atoms with Gasteiger partial charge in [-0.3, -0.25) is 4.79 Å². The molecule has 1 aromatic carbocycles. The molecule has 0 fully saturated rings. The van der Waals surface area contributed by atoms with E-state index in [2.05, 4.69) is 4.98 Å². The van der Waals surface area contributed by atoms with Crippen LogP contribution in [0.15, 0.2) is 30.5 Å². The van der Waals surface area contributed by atoms with Crippen LogP contribution >= 0.6 is 0 Å². The van der Waals surface area contributed by atoms with Crippen LogP contribution in [0.5, 0.6) is 0 Å². The van der Waals surface area contributed by atoms with Gasteiger partial charge in [0.2, 0.25) is 0 Å². The minimum Gasteiger partial charge on any atom is -0.361 e. The third kappa shape index (κ3) is 2.77. The van der Waals surface area contributed by atoms with Crippen molar-refractivity contribution < 1.29 is 18.0 Å². The highest BCUT2D eigenvalue weighted by Crippen LogP contribution is 2.15. The van der Waals surface area contributed by atoms with Crippen molar-refractivity contribution in [1.29, 1.82) is 0 Å². The van der Waals surface area contributed by atoms with E-state index in [1.807, 2.05) is 5.32 Å². The van der Waals surface area contributed by atoms with Crippen LogP contribution in [0.25, 0.3) is 10.9 Å². The molecule has 0 aliphatic rings. The number of amides is 1. The monoisotopic (exact) mass is 242 g/mol. The lowest BCUT2D eigenvalue weighted by atomic mass is 10.1. The van der Waals surface area contributed by atoms with Gasteiger partial charge in [-0.1, -0.05) is 0 Å². The predicted molar refractivity (Wildman–Crippen MR) is 56.7 cm³/mol. The summed E-state index contributed by atoms with van der Waals surface area (Å²) < 4.78 is 35.7. The van der Waals surface area contributed by atoms with E-state index in [0.29, 0.717) is 0 Å². The van der Waals surface area contributed by atoms with Gasteiger partial charge in [0.1, 0.15) is 6.54 Å². The van der Waals surface area contributed by atoms with Crippen molar-refractivity contribution in [2.24, 2.45) is 0 Å². The molecule has 0 unspecified atom stereocenters. The number of H-pyrrole nitrogens is 1. The molecule has 6 heteroatoms. The molecule has 1 amide bonds. The van der Waals surface area contributed by atoms with Crippen molar-refractivity contribution in [3.05, 3.63) is 36.0 Å². The summed E-state index contributed by atoms with van der Waals surface area (Å²) in [6.45, 7) is -1.32. The maximum absolute atomic E-state index is 11.9. The summed E-state index contributed by atoms with van der Waals surface area (Å²) in [4.78, 5) is 14.4. The third-order valence-corrected chi connectivity index (χ3v) is 2.26. The van der Waals surface area contributed by atoms with E-state index in [9.17, 15) is 18.0 Å². The van der Waals surface area contributed by atoms with Crippen molar-refractivity contribution in [3.8, 4) is 0 Å². The highest BCUT2D eigenvalue weighted by Gasteiger charge is 2.27. The molecule has 3 nitrogen and oxygen atoms in total. The van der Waals surface area contributed by atoms with E-state index >= 15 is 0 Å².